The van der Waals surface area contributed by atoms with Crippen molar-refractivity contribution in [3.05, 3.63) is 69.8 Å². The van der Waals surface area contributed by atoms with E-state index in [1.165, 1.54) is 11.1 Å². The summed E-state index contributed by atoms with van der Waals surface area (Å²) in [6, 6.07) is 11.9. The number of rotatable bonds is 3. The molecular formula is C21H20ClN5. The van der Waals surface area contributed by atoms with Gasteiger partial charge in [-0.25, -0.2) is 9.97 Å². The van der Waals surface area contributed by atoms with Crippen LogP contribution in [0.3, 0.4) is 0 Å². The zero-order valence-corrected chi connectivity index (χ0v) is 16.2. The molecule has 3 aromatic rings. The fourth-order valence-corrected chi connectivity index (χ4v) is 3.64. The summed E-state index contributed by atoms with van der Waals surface area (Å²) in [5, 5.41) is 9.93. The fraction of sp³-hybridized carbons (Fsp3) is 0.286. The van der Waals surface area contributed by atoms with Crippen LogP contribution in [0, 0.1) is 18.3 Å². The number of nitriles is 1. The van der Waals surface area contributed by atoms with Gasteiger partial charge in [-0.3, -0.25) is 4.90 Å². The van der Waals surface area contributed by atoms with Crippen molar-refractivity contribution in [3.63, 3.8) is 0 Å². The predicted octanol–water partition coefficient (Wildman–Crippen LogP) is 3.87. The number of halogens is 1. The number of nitrogens with zero attached hydrogens (tertiary/aromatic N) is 5. The van der Waals surface area contributed by atoms with Crippen LogP contribution in [0.1, 0.15) is 28.2 Å². The molecule has 6 heteroatoms. The Labute approximate surface area is 163 Å². The van der Waals surface area contributed by atoms with Crippen molar-refractivity contribution >= 4 is 11.6 Å². The second-order valence-electron chi connectivity index (χ2n) is 6.94. The van der Waals surface area contributed by atoms with Crippen molar-refractivity contribution in [2.24, 2.45) is 7.05 Å². The first-order valence-corrected chi connectivity index (χ1v) is 9.31. The van der Waals surface area contributed by atoms with Gasteiger partial charge < -0.3 is 4.57 Å². The smallest absolute Gasteiger partial charge is 0.159 e. The molecule has 0 unspecified atom stereocenters. The first-order valence-electron chi connectivity index (χ1n) is 8.93. The first kappa shape index (κ1) is 17.7. The summed E-state index contributed by atoms with van der Waals surface area (Å²) >= 11 is 5.96. The summed E-state index contributed by atoms with van der Waals surface area (Å²) in [7, 11) is 1.94. The third kappa shape index (κ3) is 3.46. The number of hydrogen-bond donors (Lipinski definition) is 0. The topological polar surface area (TPSA) is 57.7 Å². The van der Waals surface area contributed by atoms with Gasteiger partial charge in [0.05, 0.1) is 5.69 Å². The average Bonchev–Trinajstić information content (AvgIpc) is 2.96. The fourth-order valence-electron chi connectivity index (χ4n) is 3.52. The maximum Gasteiger partial charge on any atom is 0.159 e. The Balaban J connectivity index is 1.52. The van der Waals surface area contributed by atoms with Gasteiger partial charge in [-0.1, -0.05) is 11.6 Å². The van der Waals surface area contributed by atoms with Crippen LogP contribution >= 0.6 is 11.6 Å². The van der Waals surface area contributed by atoms with Crippen molar-refractivity contribution in [2.45, 2.75) is 26.4 Å². The minimum absolute atomic E-state index is 0.704. The van der Waals surface area contributed by atoms with Gasteiger partial charge in [0.1, 0.15) is 11.8 Å². The summed E-state index contributed by atoms with van der Waals surface area (Å²) in [4.78, 5) is 11.7. The maximum atomic E-state index is 9.22. The largest absolute Gasteiger partial charge is 0.340 e. The van der Waals surface area contributed by atoms with Gasteiger partial charge in [0.25, 0.3) is 0 Å². The molecular weight excluding hydrogens is 358 g/mol. The molecule has 4 rings (SSSR count). The second kappa shape index (κ2) is 7.15. The monoisotopic (exact) mass is 377 g/mol. The standard InChI is InChI=1S/C21H20ClN5/c1-14-16(9-19(10-23)26(14)2)12-27-8-7-20-17(13-27)11-24-21(25-20)15-3-5-18(22)6-4-15/h3-6,9,11H,7-8,12-13H2,1-2H3. The number of aromatic nitrogens is 3. The third-order valence-corrected chi connectivity index (χ3v) is 5.52. The zero-order chi connectivity index (χ0) is 19.0. The predicted molar refractivity (Wildman–Crippen MR) is 105 cm³/mol. The first-order chi connectivity index (χ1) is 13.0. The molecule has 0 spiro atoms. The highest BCUT2D eigenvalue weighted by Gasteiger charge is 2.20. The van der Waals surface area contributed by atoms with Crippen molar-refractivity contribution < 1.29 is 0 Å². The highest BCUT2D eigenvalue weighted by molar-refractivity contribution is 6.30. The van der Waals surface area contributed by atoms with Gasteiger partial charge in [-0.15, -0.1) is 0 Å². The van der Waals surface area contributed by atoms with Gasteiger partial charge in [0.2, 0.25) is 0 Å². The zero-order valence-electron chi connectivity index (χ0n) is 15.4. The van der Waals surface area contributed by atoms with E-state index in [0.29, 0.717) is 10.7 Å². The molecule has 0 aliphatic carbocycles. The van der Waals surface area contributed by atoms with Crippen LogP contribution in [0.15, 0.2) is 36.5 Å². The normalized spacial score (nSPS) is 14.0. The average molecular weight is 378 g/mol. The van der Waals surface area contributed by atoms with Gasteiger partial charge in [0.15, 0.2) is 5.82 Å². The minimum Gasteiger partial charge on any atom is -0.340 e. The van der Waals surface area contributed by atoms with E-state index in [2.05, 4.69) is 22.9 Å². The van der Waals surface area contributed by atoms with E-state index in [9.17, 15) is 5.26 Å². The maximum absolute atomic E-state index is 9.22. The van der Waals surface area contributed by atoms with E-state index in [-0.39, 0.29) is 0 Å². The van der Waals surface area contributed by atoms with Crippen LogP contribution in [-0.4, -0.2) is 26.0 Å². The Bertz CT molecular complexity index is 1030. The molecule has 0 radical (unpaired) electrons. The molecule has 3 heterocycles. The molecule has 2 aromatic heterocycles. The Kier molecular flexibility index (Phi) is 4.69. The molecule has 0 saturated carbocycles. The number of benzene rings is 1. The van der Waals surface area contributed by atoms with Crippen molar-refractivity contribution in [1.29, 1.82) is 5.26 Å². The lowest BCUT2D eigenvalue weighted by Crippen LogP contribution is -2.31. The van der Waals surface area contributed by atoms with Crippen LogP contribution in [0.25, 0.3) is 11.4 Å². The summed E-state index contributed by atoms with van der Waals surface area (Å²) in [5.41, 5.74) is 6.33. The summed E-state index contributed by atoms with van der Waals surface area (Å²) in [6.07, 6.45) is 2.84. The quantitative estimate of drug-likeness (QED) is 0.695. The molecule has 1 aromatic carbocycles. The van der Waals surface area contributed by atoms with Crippen LogP contribution in [0.4, 0.5) is 0 Å². The Morgan fingerprint density at radius 1 is 1.26 bits per heavy atom. The Morgan fingerprint density at radius 3 is 2.74 bits per heavy atom. The second-order valence-corrected chi connectivity index (χ2v) is 7.38. The van der Waals surface area contributed by atoms with E-state index in [4.69, 9.17) is 16.6 Å². The molecule has 0 N–H and O–H groups in total. The van der Waals surface area contributed by atoms with E-state index >= 15 is 0 Å². The van der Waals surface area contributed by atoms with Crippen molar-refractivity contribution in [2.75, 3.05) is 6.54 Å². The van der Waals surface area contributed by atoms with E-state index < -0.39 is 0 Å². The van der Waals surface area contributed by atoms with E-state index in [1.807, 2.05) is 48.1 Å². The SMILES string of the molecule is Cc1c(CN2CCc3nc(-c4ccc(Cl)cc4)ncc3C2)cc(C#N)n1C. The van der Waals surface area contributed by atoms with Gasteiger partial charge in [-0.05, 0) is 42.8 Å². The summed E-state index contributed by atoms with van der Waals surface area (Å²) in [6.45, 7) is 4.67. The van der Waals surface area contributed by atoms with Crippen LogP contribution in [0.5, 0.6) is 0 Å². The molecule has 0 saturated heterocycles. The van der Waals surface area contributed by atoms with Crippen molar-refractivity contribution in [3.8, 4) is 17.5 Å². The number of fused-ring (bicyclic) bond motifs is 1. The van der Waals surface area contributed by atoms with Crippen LogP contribution < -0.4 is 0 Å². The lowest BCUT2D eigenvalue weighted by Gasteiger charge is -2.28. The Hall–Kier alpha value is -2.68. The van der Waals surface area contributed by atoms with Crippen molar-refractivity contribution in [1.82, 2.24) is 19.4 Å². The molecule has 0 amide bonds. The van der Waals surface area contributed by atoms with Gasteiger partial charge >= 0.3 is 0 Å². The summed E-state index contributed by atoms with van der Waals surface area (Å²) < 4.78 is 1.95. The third-order valence-electron chi connectivity index (χ3n) is 5.26. The lowest BCUT2D eigenvalue weighted by molar-refractivity contribution is 0.242. The molecule has 1 aliphatic heterocycles. The Morgan fingerprint density at radius 2 is 2.04 bits per heavy atom. The minimum atomic E-state index is 0.704. The van der Waals surface area contributed by atoms with E-state index in [0.717, 1.165) is 48.8 Å². The van der Waals surface area contributed by atoms with Crippen LogP contribution in [0.2, 0.25) is 5.02 Å². The highest BCUT2D eigenvalue weighted by Crippen LogP contribution is 2.24. The summed E-state index contributed by atoms with van der Waals surface area (Å²) in [5.74, 6) is 0.747. The van der Waals surface area contributed by atoms with Crippen LogP contribution in [-0.2, 0) is 26.6 Å². The molecule has 0 fully saturated rings. The molecule has 27 heavy (non-hydrogen) atoms. The van der Waals surface area contributed by atoms with Gasteiger partial charge in [0, 0.05) is 61.1 Å². The molecule has 1 aliphatic rings. The molecule has 0 atom stereocenters. The molecule has 5 nitrogen and oxygen atoms in total. The molecule has 0 bridgehead atoms. The molecule has 136 valence electrons. The van der Waals surface area contributed by atoms with Gasteiger partial charge in [-0.2, -0.15) is 5.26 Å². The highest BCUT2D eigenvalue weighted by atomic mass is 35.5. The number of hydrogen-bond acceptors (Lipinski definition) is 4. The van der Waals surface area contributed by atoms with E-state index in [1.54, 1.807) is 0 Å². The lowest BCUT2D eigenvalue weighted by atomic mass is 10.1.